The summed E-state index contributed by atoms with van der Waals surface area (Å²) in [5.41, 5.74) is 5.79. The highest BCUT2D eigenvalue weighted by Gasteiger charge is 2.30. The number of nitrogens with zero attached hydrogens (tertiary/aromatic N) is 3. The Labute approximate surface area is 180 Å². The number of hydrogen-bond donors (Lipinski definition) is 0. The van der Waals surface area contributed by atoms with Crippen LogP contribution < -0.4 is 9.30 Å². The fraction of sp³-hybridized carbons (Fsp3) is 0.250. The molecule has 5 nitrogen and oxygen atoms in total. The lowest BCUT2D eigenvalue weighted by atomic mass is 10.2. The molecule has 0 amide bonds. The maximum Gasteiger partial charge on any atom is 0.415 e. The fourth-order valence-corrected chi connectivity index (χ4v) is 4.85. The van der Waals surface area contributed by atoms with Gasteiger partial charge in [0.2, 0.25) is 0 Å². The lowest BCUT2D eigenvalue weighted by Gasteiger charge is -2.17. The van der Waals surface area contributed by atoms with Crippen LogP contribution in [-0.2, 0) is 17.1 Å². The van der Waals surface area contributed by atoms with E-state index in [1.54, 1.807) is 11.9 Å². The van der Waals surface area contributed by atoms with Gasteiger partial charge in [-0.2, -0.15) is 3.97 Å². The molecule has 2 aromatic carbocycles. The van der Waals surface area contributed by atoms with Crippen molar-refractivity contribution >= 4 is 23.0 Å². The van der Waals surface area contributed by atoms with Crippen molar-refractivity contribution in [2.24, 2.45) is 0 Å². The zero-order chi connectivity index (χ0) is 20.3. The molecule has 2 aromatic heterocycles. The van der Waals surface area contributed by atoms with Gasteiger partial charge in [0.1, 0.15) is 11.4 Å². The molecule has 0 atom stereocenters. The van der Waals surface area contributed by atoms with Crippen LogP contribution in [0.5, 0.6) is 5.75 Å². The number of benzene rings is 2. The summed E-state index contributed by atoms with van der Waals surface area (Å²) in [7, 11) is 0. The van der Waals surface area contributed by atoms with Gasteiger partial charge in [0.25, 0.3) is 0 Å². The summed E-state index contributed by atoms with van der Waals surface area (Å²) in [6, 6.07) is 20.6. The number of ether oxygens (including phenoxy) is 2. The second-order valence-corrected chi connectivity index (χ2v) is 8.24. The predicted octanol–water partition coefficient (Wildman–Crippen LogP) is 4.62. The van der Waals surface area contributed by atoms with E-state index in [1.165, 1.54) is 16.8 Å². The third-order valence-corrected chi connectivity index (χ3v) is 6.34. The Morgan fingerprint density at radius 3 is 2.77 bits per heavy atom. The van der Waals surface area contributed by atoms with Gasteiger partial charge in [0.15, 0.2) is 11.0 Å². The van der Waals surface area contributed by atoms with Gasteiger partial charge in [-0.05, 0) is 24.6 Å². The standard InChI is InChI=1S/C24H24N3O2S/c1-18-22-17-30-27-21-11-6-5-10-20(21)25-24(27)26(22)13-12-23(18)29-15-7-14-28-16-19-8-3-2-4-9-19/h2-6,8-13H,7,14-17H2,1H3/q+1. The van der Waals surface area contributed by atoms with E-state index in [-0.39, 0.29) is 0 Å². The Bertz CT molecular complexity index is 1170. The Kier molecular flexibility index (Phi) is 5.43. The maximum absolute atomic E-state index is 6.07. The van der Waals surface area contributed by atoms with Gasteiger partial charge in [0, 0.05) is 30.0 Å². The average Bonchev–Trinajstić information content (AvgIpc) is 3.17. The Balaban J connectivity index is 1.23. The maximum atomic E-state index is 6.07. The number of hydrogen-bond acceptors (Lipinski definition) is 4. The molecular weight excluding hydrogens is 394 g/mol. The SMILES string of the molecule is Cc1c(OCCCOCc2ccccc2)cc[n+]2c1CSn1c-2nc2ccccc21. The second-order valence-electron chi connectivity index (χ2n) is 7.33. The summed E-state index contributed by atoms with van der Waals surface area (Å²) in [6.07, 6.45) is 2.93. The van der Waals surface area contributed by atoms with E-state index in [0.717, 1.165) is 34.9 Å². The molecule has 0 saturated carbocycles. The van der Waals surface area contributed by atoms with E-state index < -0.39 is 0 Å². The number of rotatable bonds is 7. The van der Waals surface area contributed by atoms with Crippen LogP contribution in [0, 0.1) is 6.92 Å². The topological polar surface area (TPSA) is 40.2 Å². The first-order valence-electron chi connectivity index (χ1n) is 10.2. The molecule has 0 saturated heterocycles. The van der Waals surface area contributed by atoms with Crippen LogP contribution in [0.1, 0.15) is 23.2 Å². The summed E-state index contributed by atoms with van der Waals surface area (Å²) < 4.78 is 16.2. The highest BCUT2D eigenvalue weighted by Crippen LogP contribution is 2.31. The van der Waals surface area contributed by atoms with Crippen molar-refractivity contribution in [3.05, 3.63) is 83.7 Å². The number of aromatic nitrogens is 3. The number of imidazole rings is 1. The van der Waals surface area contributed by atoms with Crippen molar-refractivity contribution in [2.75, 3.05) is 13.2 Å². The zero-order valence-electron chi connectivity index (χ0n) is 17.0. The summed E-state index contributed by atoms with van der Waals surface area (Å²) in [5.74, 6) is 2.78. The largest absolute Gasteiger partial charge is 0.493 e. The van der Waals surface area contributed by atoms with Gasteiger partial charge >= 0.3 is 5.95 Å². The van der Waals surface area contributed by atoms with Gasteiger partial charge in [0.05, 0.1) is 31.8 Å². The molecule has 4 aromatic rings. The van der Waals surface area contributed by atoms with E-state index in [2.05, 4.69) is 52.0 Å². The molecule has 3 heterocycles. The Morgan fingerprint density at radius 2 is 1.87 bits per heavy atom. The van der Waals surface area contributed by atoms with Crippen molar-refractivity contribution in [2.45, 2.75) is 25.7 Å². The molecule has 0 radical (unpaired) electrons. The first-order valence-corrected chi connectivity index (χ1v) is 11.2. The first kappa shape index (κ1) is 19.2. The molecule has 0 unspecified atom stereocenters. The monoisotopic (exact) mass is 418 g/mol. The molecule has 0 N–H and O–H groups in total. The predicted molar refractivity (Wildman–Crippen MR) is 119 cm³/mol. The van der Waals surface area contributed by atoms with Crippen LogP contribution in [0.4, 0.5) is 0 Å². The van der Waals surface area contributed by atoms with Crippen LogP contribution in [0.25, 0.3) is 17.0 Å². The van der Waals surface area contributed by atoms with Gasteiger partial charge < -0.3 is 9.47 Å². The number of fused-ring (bicyclic) bond motifs is 5. The van der Waals surface area contributed by atoms with E-state index in [0.29, 0.717) is 19.8 Å². The van der Waals surface area contributed by atoms with E-state index in [9.17, 15) is 0 Å². The van der Waals surface area contributed by atoms with Gasteiger partial charge in [-0.25, -0.2) is 4.57 Å². The van der Waals surface area contributed by atoms with Gasteiger partial charge in [-0.15, -0.1) is 0 Å². The number of para-hydroxylation sites is 2. The van der Waals surface area contributed by atoms with E-state index in [4.69, 9.17) is 14.5 Å². The minimum Gasteiger partial charge on any atom is -0.493 e. The highest BCUT2D eigenvalue weighted by molar-refractivity contribution is 7.97. The summed E-state index contributed by atoms with van der Waals surface area (Å²) >= 11 is 1.78. The molecule has 0 bridgehead atoms. The molecular formula is C24H24N3O2S+. The minimum absolute atomic E-state index is 0.644. The van der Waals surface area contributed by atoms with Crippen LogP contribution in [0.15, 0.2) is 66.9 Å². The third kappa shape index (κ3) is 3.68. The molecule has 0 fully saturated rings. The molecule has 1 aliphatic heterocycles. The molecule has 0 aliphatic carbocycles. The molecule has 6 heteroatoms. The smallest absolute Gasteiger partial charge is 0.415 e. The van der Waals surface area contributed by atoms with Crippen LogP contribution >= 0.6 is 11.9 Å². The quantitative estimate of drug-likeness (QED) is 0.324. The molecule has 0 spiro atoms. The fourth-order valence-electron chi connectivity index (χ4n) is 3.71. The molecule has 152 valence electrons. The molecule has 1 aliphatic rings. The molecule has 30 heavy (non-hydrogen) atoms. The van der Waals surface area contributed by atoms with Crippen molar-refractivity contribution < 1.29 is 14.0 Å². The van der Waals surface area contributed by atoms with Crippen LogP contribution in [0.3, 0.4) is 0 Å². The third-order valence-electron chi connectivity index (χ3n) is 5.32. The lowest BCUT2D eigenvalue weighted by Crippen LogP contribution is -2.41. The van der Waals surface area contributed by atoms with Crippen molar-refractivity contribution in [3.63, 3.8) is 0 Å². The Hall–Kier alpha value is -2.83. The van der Waals surface area contributed by atoms with E-state index >= 15 is 0 Å². The van der Waals surface area contributed by atoms with Crippen molar-refractivity contribution in [1.29, 1.82) is 0 Å². The van der Waals surface area contributed by atoms with Crippen molar-refractivity contribution in [3.8, 4) is 11.7 Å². The average molecular weight is 419 g/mol. The van der Waals surface area contributed by atoms with Gasteiger partial charge in [-0.3, -0.25) is 0 Å². The lowest BCUT2D eigenvalue weighted by molar-refractivity contribution is -0.612. The van der Waals surface area contributed by atoms with Crippen molar-refractivity contribution in [1.82, 2.24) is 8.96 Å². The van der Waals surface area contributed by atoms with Gasteiger partial charge in [-0.1, -0.05) is 47.4 Å². The van der Waals surface area contributed by atoms with Crippen LogP contribution in [0.2, 0.25) is 0 Å². The normalized spacial score (nSPS) is 12.6. The second kappa shape index (κ2) is 8.50. The number of pyridine rings is 1. The zero-order valence-corrected chi connectivity index (χ0v) is 17.8. The minimum atomic E-state index is 0.644. The molecule has 5 rings (SSSR count). The van der Waals surface area contributed by atoms with E-state index in [1.807, 2.05) is 30.3 Å². The summed E-state index contributed by atoms with van der Waals surface area (Å²) in [6.45, 7) is 4.11. The van der Waals surface area contributed by atoms with Crippen LogP contribution in [-0.4, -0.2) is 22.2 Å². The Morgan fingerprint density at radius 1 is 1.03 bits per heavy atom. The summed E-state index contributed by atoms with van der Waals surface area (Å²) in [5, 5.41) is 0. The summed E-state index contributed by atoms with van der Waals surface area (Å²) in [4.78, 5) is 4.83. The highest BCUT2D eigenvalue weighted by atomic mass is 32.2. The first-order chi connectivity index (χ1) is 14.8.